The number of nitrogens with zero attached hydrogens (tertiary/aromatic N) is 1. The Labute approximate surface area is 124 Å². The molecule has 2 N–H and O–H groups in total. The molecule has 0 saturated carbocycles. The predicted octanol–water partition coefficient (Wildman–Crippen LogP) is 1.44. The molecule has 0 aliphatic carbocycles. The second-order valence-electron chi connectivity index (χ2n) is 4.94. The third-order valence-corrected chi connectivity index (χ3v) is 3.29. The Morgan fingerprint density at radius 1 is 1.33 bits per heavy atom. The van der Waals surface area contributed by atoms with Crippen LogP contribution in [0.2, 0.25) is 0 Å². The number of benzene rings is 1. The van der Waals surface area contributed by atoms with Gasteiger partial charge in [-0.3, -0.25) is 4.79 Å². The first kappa shape index (κ1) is 15.6. The minimum atomic E-state index is -0.492. The number of hydrogen-bond acceptors (Lipinski definition) is 5. The summed E-state index contributed by atoms with van der Waals surface area (Å²) in [6.07, 6.45) is 0.264. The first-order chi connectivity index (χ1) is 10.1. The SMILES string of the molecule is COCCOCCCN1C(=O)C(C)Oc2cc(N)ccc21. The van der Waals surface area contributed by atoms with Gasteiger partial charge < -0.3 is 24.8 Å². The van der Waals surface area contributed by atoms with E-state index in [0.29, 0.717) is 37.8 Å². The third kappa shape index (κ3) is 3.86. The van der Waals surface area contributed by atoms with E-state index in [-0.39, 0.29) is 5.91 Å². The third-order valence-electron chi connectivity index (χ3n) is 3.29. The van der Waals surface area contributed by atoms with E-state index >= 15 is 0 Å². The van der Waals surface area contributed by atoms with E-state index < -0.39 is 6.10 Å². The number of carbonyl (C=O) groups excluding carboxylic acids is 1. The Morgan fingerprint density at radius 2 is 2.14 bits per heavy atom. The molecule has 6 nitrogen and oxygen atoms in total. The van der Waals surface area contributed by atoms with Crippen LogP contribution in [-0.2, 0) is 14.3 Å². The fourth-order valence-electron chi connectivity index (χ4n) is 2.23. The number of fused-ring (bicyclic) bond motifs is 1. The first-order valence-electron chi connectivity index (χ1n) is 7.07. The van der Waals surface area contributed by atoms with Crippen molar-refractivity contribution in [1.29, 1.82) is 0 Å². The molecule has 1 aliphatic rings. The van der Waals surface area contributed by atoms with Crippen molar-refractivity contribution >= 4 is 17.3 Å². The van der Waals surface area contributed by atoms with Gasteiger partial charge in [-0.1, -0.05) is 0 Å². The van der Waals surface area contributed by atoms with Crippen LogP contribution in [0.3, 0.4) is 0 Å². The lowest BCUT2D eigenvalue weighted by Gasteiger charge is -2.33. The molecule has 0 fully saturated rings. The van der Waals surface area contributed by atoms with Crippen LogP contribution in [0.25, 0.3) is 0 Å². The normalized spacial score (nSPS) is 17.5. The van der Waals surface area contributed by atoms with Crippen molar-refractivity contribution in [2.24, 2.45) is 0 Å². The summed E-state index contributed by atoms with van der Waals surface area (Å²) in [6, 6.07) is 5.34. The van der Waals surface area contributed by atoms with Crippen molar-refractivity contribution in [3.8, 4) is 5.75 Å². The van der Waals surface area contributed by atoms with Gasteiger partial charge in [-0.15, -0.1) is 0 Å². The molecular weight excluding hydrogens is 272 g/mol. The highest BCUT2D eigenvalue weighted by molar-refractivity contribution is 6.00. The van der Waals surface area contributed by atoms with E-state index in [0.717, 1.165) is 12.1 Å². The number of methoxy groups -OCH3 is 1. The largest absolute Gasteiger partial charge is 0.479 e. The van der Waals surface area contributed by atoms with Gasteiger partial charge in [0, 0.05) is 32.0 Å². The molecule has 1 aromatic rings. The predicted molar refractivity (Wildman–Crippen MR) is 80.6 cm³/mol. The molecule has 0 spiro atoms. The zero-order valence-electron chi connectivity index (χ0n) is 12.5. The van der Waals surface area contributed by atoms with Crippen LogP contribution in [0.15, 0.2) is 18.2 Å². The Balaban J connectivity index is 1.96. The van der Waals surface area contributed by atoms with Crippen LogP contribution in [-0.4, -0.2) is 45.5 Å². The van der Waals surface area contributed by atoms with Crippen molar-refractivity contribution in [2.45, 2.75) is 19.4 Å². The molecule has 0 saturated heterocycles. The number of amides is 1. The number of carbonyl (C=O) groups is 1. The topological polar surface area (TPSA) is 74.0 Å². The van der Waals surface area contributed by atoms with Crippen molar-refractivity contribution < 1.29 is 19.0 Å². The summed E-state index contributed by atoms with van der Waals surface area (Å²) >= 11 is 0. The van der Waals surface area contributed by atoms with Crippen molar-refractivity contribution in [1.82, 2.24) is 0 Å². The maximum atomic E-state index is 12.2. The zero-order valence-corrected chi connectivity index (χ0v) is 12.5. The van der Waals surface area contributed by atoms with Gasteiger partial charge in [0.05, 0.1) is 18.9 Å². The van der Waals surface area contributed by atoms with Gasteiger partial charge in [0.1, 0.15) is 5.75 Å². The minimum absolute atomic E-state index is 0.0378. The van der Waals surface area contributed by atoms with E-state index in [1.54, 1.807) is 31.1 Å². The van der Waals surface area contributed by atoms with Gasteiger partial charge in [-0.2, -0.15) is 0 Å². The molecule has 116 valence electrons. The number of rotatable bonds is 7. The van der Waals surface area contributed by atoms with E-state index in [1.165, 1.54) is 0 Å². The Kier molecular flexibility index (Phi) is 5.41. The maximum absolute atomic E-state index is 12.2. The molecular formula is C15H22N2O4. The van der Waals surface area contributed by atoms with Crippen molar-refractivity contribution in [3.05, 3.63) is 18.2 Å². The molecule has 1 amide bonds. The van der Waals surface area contributed by atoms with Crippen LogP contribution in [0.5, 0.6) is 5.75 Å². The van der Waals surface area contributed by atoms with E-state index in [9.17, 15) is 4.79 Å². The molecule has 2 rings (SSSR count). The van der Waals surface area contributed by atoms with Crippen LogP contribution in [0.4, 0.5) is 11.4 Å². The Hall–Kier alpha value is -1.79. The van der Waals surface area contributed by atoms with Gasteiger partial charge in [-0.05, 0) is 25.5 Å². The standard InChI is InChI=1S/C15H22N2O4/c1-11-15(18)17(6-3-7-20-9-8-19-2)13-5-4-12(16)10-14(13)21-11/h4-5,10-11H,3,6-9,16H2,1-2H3. The number of anilines is 2. The summed E-state index contributed by atoms with van der Waals surface area (Å²) in [5, 5.41) is 0. The quantitative estimate of drug-likeness (QED) is 0.608. The highest BCUT2D eigenvalue weighted by Crippen LogP contribution is 2.35. The molecule has 1 aromatic carbocycles. The number of nitrogen functional groups attached to an aromatic ring is 1. The van der Waals surface area contributed by atoms with Crippen LogP contribution < -0.4 is 15.4 Å². The number of ether oxygens (including phenoxy) is 3. The monoisotopic (exact) mass is 294 g/mol. The lowest BCUT2D eigenvalue weighted by atomic mass is 10.1. The Morgan fingerprint density at radius 3 is 2.90 bits per heavy atom. The summed E-state index contributed by atoms with van der Waals surface area (Å²) in [5.74, 6) is 0.617. The fraction of sp³-hybridized carbons (Fsp3) is 0.533. The Bertz CT molecular complexity index is 493. The van der Waals surface area contributed by atoms with Crippen LogP contribution >= 0.6 is 0 Å². The summed E-state index contributed by atoms with van der Waals surface area (Å²) in [7, 11) is 1.64. The fourth-order valence-corrected chi connectivity index (χ4v) is 2.23. The summed E-state index contributed by atoms with van der Waals surface area (Å²) in [6.45, 7) is 4.08. The van der Waals surface area contributed by atoms with Crippen molar-refractivity contribution in [3.63, 3.8) is 0 Å². The second kappa shape index (κ2) is 7.28. The average molecular weight is 294 g/mol. The molecule has 6 heteroatoms. The van der Waals surface area contributed by atoms with Crippen molar-refractivity contribution in [2.75, 3.05) is 44.1 Å². The molecule has 1 aliphatic heterocycles. The first-order valence-corrected chi connectivity index (χ1v) is 7.07. The van der Waals surface area contributed by atoms with Crippen LogP contribution in [0.1, 0.15) is 13.3 Å². The number of nitrogens with two attached hydrogens (primary N) is 1. The van der Waals surface area contributed by atoms with E-state index in [1.807, 2.05) is 6.07 Å². The zero-order chi connectivity index (χ0) is 15.2. The van der Waals surface area contributed by atoms with Crippen LogP contribution in [0, 0.1) is 0 Å². The van der Waals surface area contributed by atoms with E-state index in [4.69, 9.17) is 19.9 Å². The highest BCUT2D eigenvalue weighted by atomic mass is 16.5. The minimum Gasteiger partial charge on any atom is -0.479 e. The molecule has 1 heterocycles. The lowest BCUT2D eigenvalue weighted by molar-refractivity contribution is -0.125. The second-order valence-corrected chi connectivity index (χ2v) is 4.94. The molecule has 0 radical (unpaired) electrons. The van der Waals surface area contributed by atoms with Gasteiger partial charge in [0.25, 0.3) is 5.91 Å². The average Bonchev–Trinajstić information content (AvgIpc) is 2.46. The molecule has 21 heavy (non-hydrogen) atoms. The molecule has 1 unspecified atom stereocenters. The summed E-state index contributed by atoms with van der Waals surface area (Å²) in [5.41, 5.74) is 7.15. The van der Waals surface area contributed by atoms with Gasteiger partial charge in [-0.25, -0.2) is 0 Å². The van der Waals surface area contributed by atoms with E-state index in [2.05, 4.69) is 0 Å². The molecule has 0 aromatic heterocycles. The maximum Gasteiger partial charge on any atom is 0.267 e. The van der Waals surface area contributed by atoms with Gasteiger partial charge >= 0.3 is 0 Å². The summed E-state index contributed by atoms with van der Waals surface area (Å²) in [4.78, 5) is 14.0. The molecule has 1 atom stereocenters. The highest BCUT2D eigenvalue weighted by Gasteiger charge is 2.31. The lowest BCUT2D eigenvalue weighted by Crippen LogP contribution is -2.45. The number of hydrogen-bond donors (Lipinski definition) is 1. The molecule has 0 bridgehead atoms. The smallest absolute Gasteiger partial charge is 0.267 e. The summed E-state index contributed by atoms with van der Waals surface area (Å²) < 4.78 is 15.9. The van der Waals surface area contributed by atoms with Gasteiger partial charge in [0.15, 0.2) is 6.10 Å². The van der Waals surface area contributed by atoms with Gasteiger partial charge in [0.2, 0.25) is 0 Å².